The van der Waals surface area contributed by atoms with Crippen LogP contribution in [0, 0.1) is 0 Å². The molecule has 20 heavy (non-hydrogen) atoms. The molecule has 0 rings (SSSR count). The van der Waals surface area contributed by atoms with Crippen LogP contribution < -0.4 is 0 Å². The molecule has 0 bridgehead atoms. The van der Waals surface area contributed by atoms with Gasteiger partial charge in [-0.05, 0) is 6.42 Å². The number of carboxylic acids is 1. The van der Waals surface area contributed by atoms with E-state index in [4.69, 9.17) is 30.6 Å². The average molecular weight is 296 g/mol. The highest BCUT2D eigenvalue weighted by molar-refractivity contribution is 5.66. The Morgan fingerprint density at radius 2 is 1.65 bits per heavy atom. The number of carbonyl (C=O) groups excluding carboxylic acids is 1. The van der Waals surface area contributed by atoms with Gasteiger partial charge in [-0.3, -0.25) is 4.79 Å². The Morgan fingerprint density at radius 3 is 2.00 bits per heavy atom. The molecule has 0 radical (unpaired) electrons. The van der Waals surface area contributed by atoms with E-state index in [1.54, 1.807) is 0 Å². The molecule has 4 atom stereocenters. The van der Waals surface area contributed by atoms with Crippen molar-refractivity contribution in [2.24, 2.45) is 0 Å². The van der Waals surface area contributed by atoms with Crippen molar-refractivity contribution in [2.75, 3.05) is 6.61 Å². The molecule has 0 aliphatic carbocycles. The predicted molar refractivity (Wildman–Crippen MR) is 69.0 cm³/mol. The van der Waals surface area contributed by atoms with Gasteiger partial charge in [0.1, 0.15) is 24.4 Å². The normalized spacial score (nSPS) is 16.3. The molecule has 0 heterocycles. The van der Waals surface area contributed by atoms with Crippen LogP contribution in [0.2, 0.25) is 0 Å². The molecular weight excluding hydrogens is 272 g/mol. The van der Waals surface area contributed by atoms with E-state index in [1.807, 2.05) is 0 Å². The predicted octanol–water partition coefficient (Wildman–Crippen LogP) is -1.73. The van der Waals surface area contributed by atoms with E-state index >= 15 is 0 Å². The summed E-state index contributed by atoms with van der Waals surface area (Å²) in [5, 5.41) is 51.7. The van der Waals surface area contributed by atoms with E-state index < -0.39 is 37.0 Å². The Labute approximate surface area is 117 Å². The summed E-state index contributed by atoms with van der Waals surface area (Å²) in [7, 11) is 0. The molecule has 8 heteroatoms. The first-order chi connectivity index (χ1) is 9.31. The van der Waals surface area contributed by atoms with Gasteiger partial charge in [-0.25, -0.2) is 0 Å². The quantitative estimate of drug-likeness (QED) is 0.216. The summed E-state index contributed by atoms with van der Waals surface area (Å²) in [6, 6.07) is 0. The van der Waals surface area contributed by atoms with E-state index in [0.717, 1.165) is 19.3 Å². The number of aldehydes is 1. The summed E-state index contributed by atoms with van der Waals surface area (Å²) < 4.78 is 0. The molecule has 0 spiro atoms. The fourth-order valence-electron chi connectivity index (χ4n) is 1.14. The van der Waals surface area contributed by atoms with E-state index in [2.05, 4.69) is 6.92 Å². The molecule has 0 saturated carbocycles. The van der Waals surface area contributed by atoms with Crippen LogP contribution in [0.4, 0.5) is 0 Å². The Balaban J connectivity index is 0. The van der Waals surface area contributed by atoms with Crippen molar-refractivity contribution >= 4 is 12.3 Å². The highest BCUT2D eigenvalue weighted by atomic mass is 16.4. The molecule has 0 fully saturated rings. The van der Waals surface area contributed by atoms with Crippen molar-refractivity contribution in [1.29, 1.82) is 0 Å². The molecule has 8 nitrogen and oxygen atoms in total. The van der Waals surface area contributed by atoms with Gasteiger partial charge in [-0.1, -0.05) is 19.8 Å². The van der Waals surface area contributed by atoms with Crippen LogP contribution in [-0.4, -0.2) is 73.9 Å². The minimum atomic E-state index is -1.79. The van der Waals surface area contributed by atoms with Gasteiger partial charge in [-0.15, -0.1) is 0 Å². The number of rotatable bonds is 9. The lowest BCUT2D eigenvalue weighted by Crippen LogP contribution is -2.46. The lowest BCUT2D eigenvalue weighted by molar-refractivity contribution is -0.137. The summed E-state index contributed by atoms with van der Waals surface area (Å²) in [5.74, 6) is -0.682. The highest BCUT2D eigenvalue weighted by Gasteiger charge is 2.29. The van der Waals surface area contributed by atoms with Crippen LogP contribution in [0.3, 0.4) is 0 Å². The second kappa shape index (κ2) is 12.9. The number of aliphatic hydroxyl groups is 5. The Bertz CT molecular complexity index is 258. The Kier molecular flexibility index (Phi) is 13.8. The summed E-state index contributed by atoms with van der Waals surface area (Å²) in [6.45, 7) is 1.30. The molecule has 120 valence electrons. The van der Waals surface area contributed by atoms with Gasteiger partial charge in [0.05, 0.1) is 6.61 Å². The number of unbranched alkanes of at least 4 members (excludes halogenated alkanes) is 2. The molecule has 6 N–H and O–H groups in total. The lowest BCUT2D eigenvalue weighted by atomic mass is 10.0. The number of aliphatic hydroxyl groups excluding tert-OH is 5. The van der Waals surface area contributed by atoms with Crippen molar-refractivity contribution < 1.29 is 40.2 Å². The smallest absolute Gasteiger partial charge is 0.303 e. The molecule has 0 amide bonds. The van der Waals surface area contributed by atoms with Gasteiger partial charge >= 0.3 is 5.97 Å². The lowest BCUT2D eigenvalue weighted by Gasteiger charge is -2.22. The van der Waals surface area contributed by atoms with Gasteiger partial charge in [0.15, 0.2) is 6.29 Å². The molecule has 0 aliphatic rings. The third-order valence-electron chi connectivity index (χ3n) is 2.41. The number of carbonyl (C=O) groups is 2. The van der Waals surface area contributed by atoms with Gasteiger partial charge in [-0.2, -0.15) is 0 Å². The van der Waals surface area contributed by atoms with Gasteiger partial charge in [0.2, 0.25) is 0 Å². The average Bonchev–Trinajstić information content (AvgIpc) is 2.44. The summed E-state index contributed by atoms with van der Waals surface area (Å²) in [4.78, 5) is 19.8. The Morgan fingerprint density at radius 1 is 1.10 bits per heavy atom. The zero-order chi connectivity index (χ0) is 16.1. The molecule has 0 aliphatic heterocycles. The van der Waals surface area contributed by atoms with Crippen LogP contribution in [-0.2, 0) is 9.59 Å². The van der Waals surface area contributed by atoms with E-state index in [-0.39, 0.29) is 6.29 Å². The van der Waals surface area contributed by atoms with Crippen molar-refractivity contribution in [1.82, 2.24) is 0 Å². The summed E-state index contributed by atoms with van der Waals surface area (Å²) in [5.41, 5.74) is 0. The fourth-order valence-corrected chi connectivity index (χ4v) is 1.14. The molecule has 0 unspecified atom stereocenters. The van der Waals surface area contributed by atoms with Gasteiger partial charge in [0.25, 0.3) is 0 Å². The van der Waals surface area contributed by atoms with Crippen LogP contribution in [0.1, 0.15) is 32.6 Å². The standard InChI is InChI=1S/C6H12O6.C6H12O2/c7-1-3(9)5(11)6(12)4(10)2-8;1-2-3-4-5-6(7)8/h1,3-6,8-12H,2H2;2-5H2,1H3,(H,7,8)/t3-,4+,5+,6+;/m0./s1. The van der Waals surface area contributed by atoms with Crippen LogP contribution in [0.25, 0.3) is 0 Å². The monoisotopic (exact) mass is 296 g/mol. The fraction of sp³-hybridized carbons (Fsp3) is 0.833. The summed E-state index contributed by atoms with van der Waals surface area (Å²) in [6.07, 6.45) is -3.56. The third-order valence-corrected chi connectivity index (χ3v) is 2.41. The molecule has 0 aromatic rings. The number of hydrogen-bond acceptors (Lipinski definition) is 7. The zero-order valence-corrected chi connectivity index (χ0v) is 11.4. The number of aliphatic carboxylic acids is 1. The van der Waals surface area contributed by atoms with E-state index in [1.165, 1.54) is 0 Å². The zero-order valence-electron chi connectivity index (χ0n) is 11.4. The molecular formula is C12H24O8. The van der Waals surface area contributed by atoms with Crippen molar-refractivity contribution in [3.63, 3.8) is 0 Å². The van der Waals surface area contributed by atoms with Crippen LogP contribution in [0.15, 0.2) is 0 Å². The largest absolute Gasteiger partial charge is 0.481 e. The topological polar surface area (TPSA) is 156 Å². The van der Waals surface area contributed by atoms with Gasteiger partial charge < -0.3 is 35.4 Å². The van der Waals surface area contributed by atoms with E-state index in [9.17, 15) is 9.59 Å². The number of hydrogen-bond donors (Lipinski definition) is 6. The maximum atomic E-state index is 9.90. The van der Waals surface area contributed by atoms with Crippen molar-refractivity contribution in [3.05, 3.63) is 0 Å². The van der Waals surface area contributed by atoms with Crippen LogP contribution in [0.5, 0.6) is 0 Å². The van der Waals surface area contributed by atoms with E-state index in [0.29, 0.717) is 6.42 Å². The van der Waals surface area contributed by atoms with Crippen molar-refractivity contribution in [2.45, 2.75) is 57.0 Å². The Hall–Kier alpha value is -1.06. The third kappa shape index (κ3) is 10.8. The second-order valence-electron chi connectivity index (χ2n) is 4.21. The number of carboxylic acid groups (broad SMARTS) is 1. The maximum Gasteiger partial charge on any atom is 0.303 e. The first-order valence-electron chi connectivity index (χ1n) is 6.31. The molecule has 0 saturated heterocycles. The first kappa shape index (κ1) is 21.2. The highest BCUT2D eigenvalue weighted by Crippen LogP contribution is 2.03. The SMILES string of the molecule is CCCCCC(=O)O.O=C[C@H](O)[C@@H](O)[C@H](O)[C@H](O)CO. The minimum Gasteiger partial charge on any atom is -0.481 e. The minimum absolute atomic E-state index is 0.0258. The second-order valence-corrected chi connectivity index (χ2v) is 4.21. The maximum absolute atomic E-state index is 9.90. The first-order valence-corrected chi connectivity index (χ1v) is 6.31. The van der Waals surface area contributed by atoms with Gasteiger partial charge in [0, 0.05) is 6.42 Å². The molecule has 0 aromatic carbocycles. The van der Waals surface area contributed by atoms with Crippen LogP contribution >= 0.6 is 0 Å². The molecule has 0 aromatic heterocycles. The summed E-state index contributed by atoms with van der Waals surface area (Å²) >= 11 is 0. The van der Waals surface area contributed by atoms with Crippen molar-refractivity contribution in [3.8, 4) is 0 Å².